The summed E-state index contributed by atoms with van der Waals surface area (Å²) in [6.07, 6.45) is 7.90. The molecule has 1 aliphatic rings. The van der Waals surface area contributed by atoms with Crippen LogP contribution in [0.25, 0.3) is 11.1 Å². The summed E-state index contributed by atoms with van der Waals surface area (Å²) in [6, 6.07) is 10.0. The molecule has 6 nitrogen and oxygen atoms in total. The number of carbonyl (C=O) groups excluding carboxylic acids is 2. The Morgan fingerprint density at radius 2 is 2.00 bits per heavy atom. The van der Waals surface area contributed by atoms with E-state index in [2.05, 4.69) is 40.2 Å². The van der Waals surface area contributed by atoms with E-state index in [9.17, 15) is 9.59 Å². The second kappa shape index (κ2) is 9.44. The minimum absolute atomic E-state index is 0.0848. The SMILES string of the molecule is C=CC(=O)Nc1ncc(-c2cccc(C(C)C(=O)Nc3ncc(CC)s3)c2)cc1C1CC1. The highest BCUT2D eigenvalue weighted by Gasteiger charge is 2.28. The summed E-state index contributed by atoms with van der Waals surface area (Å²) in [7, 11) is 0. The molecule has 0 spiro atoms. The van der Waals surface area contributed by atoms with Crippen molar-refractivity contribution in [3.8, 4) is 11.1 Å². The third-order valence-electron chi connectivity index (χ3n) is 5.61. The van der Waals surface area contributed by atoms with Gasteiger partial charge in [-0.15, -0.1) is 11.3 Å². The number of pyridine rings is 1. The predicted molar refractivity (Wildman–Crippen MR) is 129 cm³/mol. The first-order valence-corrected chi connectivity index (χ1v) is 11.6. The number of amides is 2. The largest absolute Gasteiger partial charge is 0.307 e. The number of hydrogen-bond acceptors (Lipinski definition) is 5. The molecule has 1 saturated carbocycles. The van der Waals surface area contributed by atoms with Crippen LogP contribution in [-0.4, -0.2) is 21.8 Å². The summed E-state index contributed by atoms with van der Waals surface area (Å²) in [4.78, 5) is 34.5. The fraction of sp³-hybridized carbons (Fsp3) is 0.280. The van der Waals surface area contributed by atoms with Gasteiger partial charge in [0.1, 0.15) is 5.82 Å². The third kappa shape index (κ3) is 4.94. The van der Waals surface area contributed by atoms with Gasteiger partial charge in [-0.25, -0.2) is 9.97 Å². The second-order valence-electron chi connectivity index (χ2n) is 7.95. The number of rotatable bonds is 8. The minimum Gasteiger partial charge on any atom is -0.307 e. The van der Waals surface area contributed by atoms with Crippen LogP contribution in [0.5, 0.6) is 0 Å². The average Bonchev–Trinajstić information content (AvgIpc) is 3.57. The molecule has 7 heteroatoms. The zero-order chi connectivity index (χ0) is 22.7. The van der Waals surface area contributed by atoms with Crippen molar-refractivity contribution in [2.75, 3.05) is 10.6 Å². The molecule has 2 heterocycles. The highest BCUT2D eigenvalue weighted by molar-refractivity contribution is 7.15. The van der Waals surface area contributed by atoms with Gasteiger partial charge in [-0.2, -0.15) is 0 Å². The van der Waals surface area contributed by atoms with E-state index in [0.717, 1.165) is 46.4 Å². The van der Waals surface area contributed by atoms with Crippen molar-refractivity contribution in [2.24, 2.45) is 0 Å². The topological polar surface area (TPSA) is 84.0 Å². The number of benzene rings is 1. The maximum Gasteiger partial charge on any atom is 0.248 e. The van der Waals surface area contributed by atoms with Crippen molar-refractivity contribution in [1.82, 2.24) is 9.97 Å². The summed E-state index contributed by atoms with van der Waals surface area (Å²) in [6.45, 7) is 7.47. The Balaban J connectivity index is 1.55. The first kappa shape index (κ1) is 21.9. The second-order valence-corrected chi connectivity index (χ2v) is 9.07. The quantitative estimate of drug-likeness (QED) is 0.447. The molecule has 0 aliphatic heterocycles. The van der Waals surface area contributed by atoms with Crippen LogP contribution in [0.4, 0.5) is 10.9 Å². The number of anilines is 2. The predicted octanol–water partition coefficient (Wildman–Crippen LogP) is 5.51. The summed E-state index contributed by atoms with van der Waals surface area (Å²) in [5.41, 5.74) is 3.92. The number of nitrogens with zero attached hydrogens (tertiary/aromatic N) is 2. The van der Waals surface area contributed by atoms with Gasteiger partial charge < -0.3 is 10.6 Å². The Labute approximate surface area is 191 Å². The third-order valence-corrected chi connectivity index (χ3v) is 6.66. The minimum atomic E-state index is -0.328. The van der Waals surface area contributed by atoms with Crippen molar-refractivity contribution in [1.29, 1.82) is 0 Å². The zero-order valence-corrected chi connectivity index (χ0v) is 19.0. The van der Waals surface area contributed by atoms with E-state index in [1.807, 2.05) is 31.2 Å². The Hall–Kier alpha value is -3.32. The van der Waals surface area contributed by atoms with Crippen LogP contribution in [0.1, 0.15) is 54.5 Å². The van der Waals surface area contributed by atoms with E-state index < -0.39 is 0 Å². The fourth-order valence-electron chi connectivity index (χ4n) is 3.50. The summed E-state index contributed by atoms with van der Waals surface area (Å²) < 4.78 is 0. The van der Waals surface area contributed by atoms with E-state index in [1.54, 1.807) is 12.4 Å². The standard InChI is InChI=1S/C25H26N4O2S/c1-4-20-14-27-25(32-20)29-24(31)15(3)17-7-6-8-18(11-17)19-12-21(16-9-10-16)23(26-13-19)28-22(30)5-2/h5-8,11-16H,2,4,9-10H2,1,3H3,(H,26,28,30)(H,27,29,31). The van der Waals surface area contributed by atoms with Gasteiger partial charge in [0, 0.05) is 22.8 Å². The molecule has 0 saturated heterocycles. The molecular weight excluding hydrogens is 420 g/mol. The molecule has 0 radical (unpaired) electrons. The smallest absolute Gasteiger partial charge is 0.248 e. The fourth-order valence-corrected chi connectivity index (χ4v) is 4.25. The molecular formula is C25H26N4O2S. The van der Waals surface area contributed by atoms with E-state index in [4.69, 9.17) is 0 Å². The van der Waals surface area contributed by atoms with Gasteiger partial charge in [0.2, 0.25) is 11.8 Å². The van der Waals surface area contributed by atoms with Crippen molar-refractivity contribution in [3.63, 3.8) is 0 Å². The number of carbonyl (C=O) groups is 2. The number of aryl methyl sites for hydroxylation is 1. The summed E-state index contributed by atoms with van der Waals surface area (Å²) in [5.74, 6) is 0.339. The van der Waals surface area contributed by atoms with Crippen LogP contribution in [0.3, 0.4) is 0 Å². The lowest BCUT2D eigenvalue weighted by Gasteiger charge is -2.14. The normalized spacial score (nSPS) is 13.9. The van der Waals surface area contributed by atoms with Gasteiger partial charge in [0.25, 0.3) is 0 Å². The van der Waals surface area contributed by atoms with Crippen molar-refractivity contribution in [3.05, 3.63) is 71.4 Å². The van der Waals surface area contributed by atoms with Crippen LogP contribution in [0.2, 0.25) is 0 Å². The number of nitrogens with one attached hydrogen (secondary N) is 2. The van der Waals surface area contributed by atoms with E-state index >= 15 is 0 Å². The molecule has 4 rings (SSSR count). The van der Waals surface area contributed by atoms with Gasteiger partial charge in [-0.3, -0.25) is 9.59 Å². The van der Waals surface area contributed by atoms with Gasteiger partial charge >= 0.3 is 0 Å². The van der Waals surface area contributed by atoms with Gasteiger partial charge in [0.05, 0.1) is 5.92 Å². The zero-order valence-electron chi connectivity index (χ0n) is 18.2. The first-order chi connectivity index (χ1) is 15.5. The monoisotopic (exact) mass is 446 g/mol. The molecule has 1 atom stereocenters. The lowest BCUT2D eigenvalue weighted by atomic mass is 9.95. The van der Waals surface area contributed by atoms with E-state index in [0.29, 0.717) is 16.9 Å². The Morgan fingerprint density at radius 3 is 2.69 bits per heavy atom. The Morgan fingerprint density at radius 1 is 1.19 bits per heavy atom. The average molecular weight is 447 g/mol. The Kier molecular flexibility index (Phi) is 6.46. The van der Waals surface area contributed by atoms with E-state index in [1.165, 1.54) is 17.4 Å². The van der Waals surface area contributed by atoms with Crippen molar-refractivity contribution >= 4 is 34.1 Å². The lowest BCUT2D eigenvalue weighted by molar-refractivity contribution is -0.117. The highest BCUT2D eigenvalue weighted by Crippen LogP contribution is 2.44. The van der Waals surface area contributed by atoms with Crippen LogP contribution < -0.4 is 10.6 Å². The first-order valence-electron chi connectivity index (χ1n) is 10.8. The number of aromatic nitrogens is 2. The van der Waals surface area contributed by atoms with Gasteiger partial charge in [-0.1, -0.05) is 37.8 Å². The molecule has 1 fully saturated rings. The number of hydrogen-bond donors (Lipinski definition) is 2. The van der Waals surface area contributed by atoms with E-state index in [-0.39, 0.29) is 17.7 Å². The maximum atomic E-state index is 12.8. The summed E-state index contributed by atoms with van der Waals surface area (Å²) in [5, 5.41) is 6.36. The molecule has 32 heavy (non-hydrogen) atoms. The van der Waals surface area contributed by atoms with Crippen LogP contribution in [-0.2, 0) is 16.0 Å². The molecule has 164 valence electrons. The maximum absolute atomic E-state index is 12.8. The van der Waals surface area contributed by atoms with Gasteiger partial charge in [0.15, 0.2) is 5.13 Å². The Bertz CT molecular complexity index is 1170. The highest BCUT2D eigenvalue weighted by atomic mass is 32.1. The van der Waals surface area contributed by atoms with Gasteiger partial charge in [-0.05, 0) is 60.9 Å². The summed E-state index contributed by atoms with van der Waals surface area (Å²) >= 11 is 1.50. The van der Waals surface area contributed by atoms with Crippen molar-refractivity contribution < 1.29 is 9.59 Å². The molecule has 1 aromatic carbocycles. The van der Waals surface area contributed by atoms with Crippen LogP contribution in [0.15, 0.2) is 55.4 Å². The lowest BCUT2D eigenvalue weighted by Crippen LogP contribution is -2.18. The molecule has 2 N–H and O–H groups in total. The van der Waals surface area contributed by atoms with Crippen molar-refractivity contribution in [2.45, 2.75) is 44.9 Å². The molecule has 0 bridgehead atoms. The van der Waals surface area contributed by atoms with Crippen LogP contribution in [0, 0.1) is 0 Å². The molecule has 1 aliphatic carbocycles. The molecule has 1 unspecified atom stereocenters. The molecule has 2 amide bonds. The van der Waals surface area contributed by atoms with Crippen LogP contribution >= 0.6 is 11.3 Å². The molecule has 3 aromatic rings. The molecule has 2 aromatic heterocycles. The number of thiazole rings is 1.